The minimum Gasteiger partial charge on any atom is -0.497 e. The van der Waals surface area contributed by atoms with E-state index in [9.17, 15) is 4.79 Å². The normalized spacial score (nSPS) is 13.4. The number of rotatable bonds is 7. The Morgan fingerprint density at radius 1 is 1.04 bits per heavy atom. The molecule has 2 rings (SSSR count). The Hall–Kier alpha value is -2.33. The van der Waals surface area contributed by atoms with Crippen molar-refractivity contribution in [1.82, 2.24) is 5.32 Å². The Kier molecular flexibility index (Phi) is 6.38. The predicted octanol–water partition coefficient (Wildman–Crippen LogP) is 3.60. The molecule has 2 atom stereocenters. The minimum absolute atomic E-state index is 0.0409. The third kappa shape index (κ3) is 4.83. The van der Waals surface area contributed by atoms with Gasteiger partial charge in [-0.3, -0.25) is 4.79 Å². The largest absolute Gasteiger partial charge is 0.497 e. The van der Waals surface area contributed by atoms with Crippen LogP contribution in [0, 0.1) is 5.92 Å². The Labute approximate surface area is 144 Å². The highest BCUT2D eigenvalue weighted by Crippen LogP contribution is 2.24. The van der Waals surface area contributed by atoms with Crippen molar-refractivity contribution < 1.29 is 9.53 Å². The first kappa shape index (κ1) is 18.0. The highest BCUT2D eigenvalue weighted by Gasteiger charge is 2.20. The molecule has 2 aromatic carbocycles. The molecule has 0 bridgehead atoms. The molecule has 0 aliphatic rings. The van der Waals surface area contributed by atoms with E-state index in [0.29, 0.717) is 0 Å². The number of amides is 1. The summed E-state index contributed by atoms with van der Waals surface area (Å²) >= 11 is 0. The number of nitrogens with one attached hydrogen (secondary N) is 1. The molecule has 0 aliphatic carbocycles. The Morgan fingerprint density at radius 2 is 1.67 bits per heavy atom. The first-order chi connectivity index (χ1) is 11.5. The summed E-state index contributed by atoms with van der Waals surface area (Å²) in [6.45, 7) is 4.18. The number of hydrogen-bond acceptors (Lipinski definition) is 3. The third-order valence-corrected chi connectivity index (χ3v) is 4.09. The molecular weight excluding hydrogens is 300 g/mol. The van der Waals surface area contributed by atoms with Crippen molar-refractivity contribution in [3.05, 3.63) is 65.7 Å². The van der Waals surface area contributed by atoms with Gasteiger partial charge >= 0.3 is 0 Å². The van der Waals surface area contributed by atoms with E-state index in [-0.39, 0.29) is 30.3 Å². The molecular formula is C20H26N2O2. The molecule has 128 valence electrons. The van der Waals surface area contributed by atoms with Crippen LogP contribution in [0.15, 0.2) is 54.6 Å². The SMILES string of the molecule is COc1ccc(C(NC(=O)CC(N)c2ccccc2)C(C)C)cc1. The van der Waals surface area contributed by atoms with Gasteiger partial charge < -0.3 is 15.8 Å². The van der Waals surface area contributed by atoms with Crippen molar-refractivity contribution >= 4 is 5.91 Å². The standard InChI is InChI=1S/C20H26N2O2/c1-14(2)20(16-9-11-17(24-3)12-10-16)22-19(23)13-18(21)15-7-5-4-6-8-15/h4-12,14,18,20H,13,21H2,1-3H3,(H,22,23). The molecule has 4 nitrogen and oxygen atoms in total. The van der Waals surface area contributed by atoms with Crippen LogP contribution in [0.4, 0.5) is 0 Å². The summed E-state index contributed by atoms with van der Waals surface area (Å²) in [5.74, 6) is 1.04. The van der Waals surface area contributed by atoms with Gasteiger partial charge in [0.05, 0.1) is 13.2 Å². The van der Waals surface area contributed by atoms with Gasteiger partial charge in [-0.2, -0.15) is 0 Å². The fraction of sp³-hybridized carbons (Fsp3) is 0.350. The maximum Gasteiger partial charge on any atom is 0.222 e. The van der Waals surface area contributed by atoms with E-state index in [1.54, 1.807) is 7.11 Å². The Bertz CT molecular complexity index is 638. The second-order valence-corrected chi connectivity index (χ2v) is 6.28. The predicted molar refractivity (Wildman–Crippen MR) is 96.7 cm³/mol. The number of ether oxygens (including phenoxy) is 1. The van der Waals surface area contributed by atoms with E-state index in [0.717, 1.165) is 16.9 Å². The molecule has 0 fully saturated rings. The van der Waals surface area contributed by atoms with E-state index in [2.05, 4.69) is 19.2 Å². The molecule has 0 saturated heterocycles. The third-order valence-electron chi connectivity index (χ3n) is 4.09. The first-order valence-corrected chi connectivity index (χ1v) is 8.25. The zero-order valence-electron chi connectivity index (χ0n) is 14.5. The van der Waals surface area contributed by atoms with E-state index >= 15 is 0 Å². The second-order valence-electron chi connectivity index (χ2n) is 6.28. The van der Waals surface area contributed by atoms with E-state index < -0.39 is 0 Å². The molecule has 3 N–H and O–H groups in total. The highest BCUT2D eigenvalue weighted by atomic mass is 16.5. The molecule has 0 radical (unpaired) electrons. The topological polar surface area (TPSA) is 64.3 Å². The average Bonchev–Trinajstić information content (AvgIpc) is 2.60. The van der Waals surface area contributed by atoms with Gasteiger partial charge in [-0.15, -0.1) is 0 Å². The molecule has 2 unspecified atom stereocenters. The fourth-order valence-corrected chi connectivity index (χ4v) is 2.70. The first-order valence-electron chi connectivity index (χ1n) is 8.25. The minimum atomic E-state index is -0.296. The van der Waals surface area contributed by atoms with Crippen LogP contribution in [0.25, 0.3) is 0 Å². The van der Waals surface area contributed by atoms with Gasteiger partial charge in [0.15, 0.2) is 0 Å². The van der Waals surface area contributed by atoms with Crippen LogP contribution >= 0.6 is 0 Å². The lowest BCUT2D eigenvalue weighted by Gasteiger charge is -2.24. The Balaban J connectivity index is 2.02. The van der Waals surface area contributed by atoms with Crippen LogP contribution in [0.5, 0.6) is 5.75 Å². The lowest BCUT2D eigenvalue weighted by Crippen LogP contribution is -2.33. The number of methoxy groups -OCH3 is 1. The lowest BCUT2D eigenvalue weighted by atomic mass is 9.95. The highest BCUT2D eigenvalue weighted by molar-refractivity contribution is 5.77. The summed E-state index contributed by atoms with van der Waals surface area (Å²) in [6.07, 6.45) is 0.267. The van der Waals surface area contributed by atoms with Gasteiger partial charge in [0, 0.05) is 12.5 Å². The van der Waals surface area contributed by atoms with Crippen LogP contribution in [-0.2, 0) is 4.79 Å². The lowest BCUT2D eigenvalue weighted by molar-refractivity contribution is -0.122. The second kappa shape index (κ2) is 8.50. The van der Waals surface area contributed by atoms with Crippen molar-refractivity contribution in [1.29, 1.82) is 0 Å². The molecule has 4 heteroatoms. The summed E-state index contributed by atoms with van der Waals surface area (Å²) < 4.78 is 5.19. The maximum atomic E-state index is 12.4. The van der Waals surface area contributed by atoms with Crippen molar-refractivity contribution in [3.8, 4) is 5.75 Å². The molecule has 0 aliphatic heterocycles. The van der Waals surface area contributed by atoms with Gasteiger partial charge in [-0.1, -0.05) is 56.3 Å². The van der Waals surface area contributed by atoms with Crippen molar-refractivity contribution in [3.63, 3.8) is 0 Å². The average molecular weight is 326 g/mol. The van der Waals surface area contributed by atoms with E-state index in [1.807, 2.05) is 54.6 Å². The zero-order chi connectivity index (χ0) is 17.5. The van der Waals surface area contributed by atoms with Crippen molar-refractivity contribution in [2.75, 3.05) is 7.11 Å². The van der Waals surface area contributed by atoms with Crippen molar-refractivity contribution in [2.24, 2.45) is 11.7 Å². The van der Waals surface area contributed by atoms with Crippen LogP contribution in [0.3, 0.4) is 0 Å². The van der Waals surface area contributed by atoms with Gasteiger partial charge in [-0.05, 0) is 29.2 Å². The molecule has 24 heavy (non-hydrogen) atoms. The molecule has 0 spiro atoms. The molecule has 2 aromatic rings. The smallest absolute Gasteiger partial charge is 0.222 e. The van der Waals surface area contributed by atoms with Crippen LogP contribution in [-0.4, -0.2) is 13.0 Å². The summed E-state index contributed by atoms with van der Waals surface area (Å²) in [6, 6.07) is 17.1. The number of benzene rings is 2. The van der Waals surface area contributed by atoms with Gasteiger partial charge in [-0.25, -0.2) is 0 Å². The maximum absolute atomic E-state index is 12.4. The van der Waals surface area contributed by atoms with Gasteiger partial charge in [0.25, 0.3) is 0 Å². The molecule has 0 aromatic heterocycles. The zero-order valence-corrected chi connectivity index (χ0v) is 14.5. The van der Waals surface area contributed by atoms with E-state index in [1.165, 1.54) is 0 Å². The van der Waals surface area contributed by atoms with Crippen molar-refractivity contribution in [2.45, 2.75) is 32.4 Å². The summed E-state index contributed by atoms with van der Waals surface area (Å²) in [5, 5.41) is 3.11. The van der Waals surface area contributed by atoms with Gasteiger partial charge in [0.2, 0.25) is 5.91 Å². The fourth-order valence-electron chi connectivity index (χ4n) is 2.70. The number of carbonyl (C=O) groups is 1. The molecule has 0 saturated carbocycles. The quantitative estimate of drug-likeness (QED) is 0.817. The summed E-state index contributed by atoms with van der Waals surface area (Å²) in [7, 11) is 1.64. The number of carbonyl (C=O) groups excluding carboxylic acids is 1. The number of hydrogen-bond donors (Lipinski definition) is 2. The van der Waals surface area contributed by atoms with Crippen LogP contribution in [0.2, 0.25) is 0 Å². The monoisotopic (exact) mass is 326 g/mol. The van der Waals surface area contributed by atoms with Crippen LogP contribution in [0.1, 0.15) is 43.5 Å². The van der Waals surface area contributed by atoms with Crippen LogP contribution < -0.4 is 15.8 Å². The Morgan fingerprint density at radius 3 is 2.21 bits per heavy atom. The van der Waals surface area contributed by atoms with Gasteiger partial charge in [0.1, 0.15) is 5.75 Å². The molecule has 0 heterocycles. The summed E-state index contributed by atoms with van der Waals surface area (Å²) in [4.78, 5) is 12.4. The van der Waals surface area contributed by atoms with E-state index in [4.69, 9.17) is 10.5 Å². The summed E-state index contributed by atoms with van der Waals surface area (Å²) in [5.41, 5.74) is 8.18. The number of nitrogens with two attached hydrogens (primary N) is 1. The molecule has 1 amide bonds.